The first-order chi connectivity index (χ1) is 16.0. The van der Waals surface area contributed by atoms with Crippen molar-refractivity contribution < 1.29 is 40.1 Å². The fraction of sp³-hybridized carbons (Fsp3) is 0.846. The second-order valence-electron chi connectivity index (χ2n) is 11.1. The number of ether oxygens (including phenoxy) is 2. The molecule has 196 valence electrons. The van der Waals surface area contributed by atoms with Gasteiger partial charge in [-0.2, -0.15) is 0 Å². The molecule has 0 aromatic heterocycles. The highest BCUT2D eigenvalue weighted by Gasteiger charge is 2.57. The van der Waals surface area contributed by atoms with Gasteiger partial charge in [0.05, 0.1) is 25.9 Å². The maximum atomic E-state index is 10.7. The molecule has 34 heavy (non-hydrogen) atoms. The summed E-state index contributed by atoms with van der Waals surface area (Å²) >= 11 is 0. The van der Waals surface area contributed by atoms with Crippen LogP contribution < -0.4 is 0 Å². The minimum absolute atomic E-state index is 0.0121. The van der Waals surface area contributed by atoms with Crippen LogP contribution in [0.2, 0.25) is 0 Å². The maximum absolute atomic E-state index is 10.7. The number of aliphatic hydroxyl groups is 6. The van der Waals surface area contributed by atoms with Crippen LogP contribution in [0.15, 0.2) is 23.8 Å². The Balaban J connectivity index is 1.59. The molecule has 1 aliphatic heterocycles. The summed E-state index contributed by atoms with van der Waals surface area (Å²) in [6.07, 6.45) is 0.267. The summed E-state index contributed by atoms with van der Waals surface area (Å²) in [5.41, 5.74) is 1.86. The molecule has 0 spiro atoms. The van der Waals surface area contributed by atoms with Gasteiger partial charge in [0.1, 0.15) is 24.4 Å². The largest absolute Gasteiger partial charge is 0.396 e. The standard InChI is InChI=1S/C26H44O8/c1-15(10-12-33-24-23(32)22(31)21(30)18(13-27)34-24)5-7-17-16(2)6-8-19-25(17,3)11-9-20(29)26(19,4)14-28/h10,17-24,27-32H,2,5-9,11-14H2,1,3-4H3/b15-10+/t17-,18-,19-,20-,21-,22+,23-,24-,25+,26-/m1/s1. The van der Waals surface area contributed by atoms with E-state index in [9.17, 15) is 30.6 Å². The number of fused-ring (bicyclic) bond motifs is 1. The van der Waals surface area contributed by atoms with Crippen LogP contribution in [0.4, 0.5) is 0 Å². The lowest BCUT2D eigenvalue weighted by Gasteiger charge is -2.60. The summed E-state index contributed by atoms with van der Waals surface area (Å²) in [5, 5.41) is 60.0. The molecule has 3 aliphatic rings. The van der Waals surface area contributed by atoms with Gasteiger partial charge in [0.2, 0.25) is 0 Å². The van der Waals surface area contributed by atoms with Crippen molar-refractivity contribution in [1.29, 1.82) is 0 Å². The Hall–Kier alpha value is -0.840. The van der Waals surface area contributed by atoms with Gasteiger partial charge in [-0.25, -0.2) is 0 Å². The molecule has 3 fully saturated rings. The van der Waals surface area contributed by atoms with E-state index in [4.69, 9.17) is 9.47 Å². The smallest absolute Gasteiger partial charge is 0.187 e. The molecule has 1 saturated heterocycles. The Morgan fingerprint density at radius 1 is 1.12 bits per heavy atom. The molecule has 0 amide bonds. The normalized spacial score (nSPS) is 45.8. The lowest BCUT2D eigenvalue weighted by molar-refractivity contribution is -0.298. The van der Waals surface area contributed by atoms with E-state index in [-0.39, 0.29) is 24.5 Å². The minimum atomic E-state index is -1.45. The molecule has 8 heteroatoms. The van der Waals surface area contributed by atoms with Crippen LogP contribution in [0.5, 0.6) is 0 Å². The van der Waals surface area contributed by atoms with Crippen LogP contribution in [0.25, 0.3) is 0 Å². The zero-order valence-corrected chi connectivity index (χ0v) is 20.8. The van der Waals surface area contributed by atoms with Crippen LogP contribution >= 0.6 is 0 Å². The third-order valence-corrected chi connectivity index (χ3v) is 9.06. The highest BCUT2D eigenvalue weighted by atomic mass is 16.7. The van der Waals surface area contributed by atoms with Crippen molar-refractivity contribution in [3.05, 3.63) is 23.8 Å². The summed E-state index contributed by atoms with van der Waals surface area (Å²) in [6, 6.07) is 0. The van der Waals surface area contributed by atoms with Crippen molar-refractivity contribution >= 4 is 0 Å². The van der Waals surface area contributed by atoms with Crippen LogP contribution in [0.1, 0.15) is 59.3 Å². The summed E-state index contributed by atoms with van der Waals surface area (Å²) in [5.74, 6) is 0.544. The molecule has 0 bridgehead atoms. The van der Waals surface area contributed by atoms with Crippen LogP contribution in [0, 0.1) is 22.7 Å². The number of aliphatic hydroxyl groups excluding tert-OH is 6. The molecule has 6 N–H and O–H groups in total. The molecular formula is C26H44O8. The number of hydrogen-bond acceptors (Lipinski definition) is 8. The Labute approximate surface area is 202 Å². The van der Waals surface area contributed by atoms with Crippen molar-refractivity contribution in [3.63, 3.8) is 0 Å². The highest BCUT2D eigenvalue weighted by molar-refractivity contribution is 5.18. The van der Waals surface area contributed by atoms with E-state index in [1.54, 1.807) is 0 Å². The van der Waals surface area contributed by atoms with Crippen molar-refractivity contribution in [2.24, 2.45) is 22.7 Å². The maximum Gasteiger partial charge on any atom is 0.187 e. The lowest BCUT2D eigenvalue weighted by Crippen LogP contribution is -2.59. The van der Waals surface area contributed by atoms with Gasteiger partial charge in [-0.3, -0.25) is 0 Å². The Kier molecular flexibility index (Phi) is 9.02. The lowest BCUT2D eigenvalue weighted by atomic mass is 9.46. The Bertz CT molecular complexity index is 738. The molecule has 1 heterocycles. The Morgan fingerprint density at radius 2 is 1.82 bits per heavy atom. The molecular weight excluding hydrogens is 440 g/mol. The molecule has 2 saturated carbocycles. The van der Waals surface area contributed by atoms with Gasteiger partial charge < -0.3 is 40.1 Å². The van der Waals surface area contributed by atoms with Crippen molar-refractivity contribution in [2.45, 2.75) is 96.1 Å². The summed E-state index contributed by atoms with van der Waals surface area (Å²) in [6.45, 7) is 10.4. The SMILES string of the molecule is C=C1CC[C@H]2[C@@](C)(CO)[C@H](O)CC[C@@]2(C)[C@@H]1CC/C(C)=C/CO[C@@H]1O[C@H](CO)[C@@H](O)[C@H](O)[C@H]1O. The predicted molar refractivity (Wildman–Crippen MR) is 127 cm³/mol. The van der Waals surface area contributed by atoms with E-state index in [0.717, 1.165) is 37.7 Å². The van der Waals surface area contributed by atoms with Gasteiger partial charge in [-0.15, -0.1) is 0 Å². The minimum Gasteiger partial charge on any atom is -0.396 e. The molecule has 0 aromatic rings. The average Bonchev–Trinajstić information content (AvgIpc) is 2.81. The van der Waals surface area contributed by atoms with E-state index >= 15 is 0 Å². The molecule has 0 aromatic carbocycles. The Morgan fingerprint density at radius 3 is 2.47 bits per heavy atom. The van der Waals surface area contributed by atoms with Crippen LogP contribution in [-0.2, 0) is 9.47 Å². The van der Waals surface area contributed by atoms with Crippen molar-refractivity contribution in [2.75, 3.05) is 19.8 Å². The molecule has 0 unspecified atom stereocenters. The third kappa shape index (κ3) is 5.15. The molecule has 2 aliphatic carbocycles. The zero-order valence-electron chi connectivity index (χ0n) is 20.8. The third-order valence-electron chi connectivity index (χ3n) is 9.06. The zero-order chi connectivity index (χ0) is 25.3. The van der Waals surface area contributed by atoms with E-state index in [1.165, 1.54) is 5.57 Å². The van der Waals surface area contributed by atoms with Gasteiger partial charge in [-0.05, 0) is 62.7 Å². The van der Waals surface area contributed by atoms with E-state index < -0.39 is 48.8 Å². The van der Waals surface area contributed by atoms with Crippen LogP contribution in [-0.4, -0.2) is 87.3 Å². The summed E-state index contributed by atoms with van der Waals surface area (Å²) < 4.78 is 11.0. The summed E-state index contributed by atoms with van der Waals surface area (Å²) in [7, 11) is 0. The van der Waals surface area contributed by atoms with E-state index in [2.05, 4.69) is 13.5 Å². The monoisotopic (exact) mass is 484 g/mol. The second-order valence-corrected chi connectivity index (χ2v) is 11.1. The fourth-order valence-corrected chi connectivity index (χ4v) is 6.70. The first-order valence-corrected chi connectivity index (χ1v) is 12.5. The second kappa shape index (κ2) is 11.0. The molecule has 10 atom stereocenters. The van der Waals surface area contributed by atoms with E-state index in [1.807, 2.05) is 19.9 Å². The number of allylic oxidation sites excluding steroid dienone is 2. The first-order valence-electron chi connectivity index (χ1n) is 12.5. The van der Waals surface area contributed by atoms with E-state index in [0.29, 0.717) is 12.3 Å². The topological polar surface area (TPSA) is 140 Å². The molecule has 8 nitrogen and oxygen atoms in total. The average molecular weight is 485 g/mol. The highest BCUT2D eigenvalue weighted by Crippen LogP contribution is 2.61. The molecule has 0 radical (unpaired) electrons. The molecule has 3 rings (SSSR count). The number of hydrogen-bond donors (Lipinski definition) is 6. The van der Waals surface area contributed by atoms with Gasteiger partial charge >= 0.3 is 0 Å². The predicted octanol–water partition coefficient (Wildman–Crippen LogP) is 1.27. The quantitative estimate of drug-likeness (QED) is 0.283. The summed E-state index contributed by atoms with van der Waals surface area (Å²) in [4.78, 5) is 0. The fourth-order valence-electron chi connectivity index (χ4n) is 6.70. The van der Waals surface area contributed by atoms with Crippen molar-refractivity contribution in [3.8, 4) is 0 Å². The van der Waals surface area contributed by atoms with Crippen molar-refractivity contribution in [1.82, 2.24) is 0 Å². The number of rotatable bonds is 8. The first kappa shape index (κ1) is 27.7. The van der Waals surface area contributed by atoms with Gasteiger partial charge in [0.25, 0.3) is 0 Å². The van der Waals surface area contributed by atoms with Gasteiger partial charge in [0.15, 0.2) is 6.29 Å². The van der Waals surface area contributed by atoms with Crippen LogP contribution in [0.3, 0.4) is 0 Å². The van der Waals surface area contributed by atoms with Gasteiger partial charge in [0, 0.05) is 5.41 Å². The van der Waals surface area contributed by atoms with Gasteiger partial charge in [-0.1, -0.05) is 37.6 Å².